The standard InChI is InChI=1S/C24H31NO/c1-4-23(13-25)12-15-10-16(26)6-7-17(15)18-8-9-24(5-2)14(3)19-11-20(19)22(24)21(18)23/h4,10,14,17-22H,1,5-9,11-12H2,2-3H3/t14-,17+,18-,19-,20-,21-,22+,23-,24-/m1/s1. The number of rotatable bonds is 2. The molecule has 5 aliphatic rings. The van der Waals surface area contributed by atoms with Crippen molar-refractivity contribution in [3.8, 4) is 6.07 Å². The number of allylic oxidation sites excluding steroid dienone is 2. The van der Waals surface area contributed by atoms with E-state index in [9.17, 15) is 10.1 Å². The maximum Gasteiger partial charge on any atom is 0.155 e. The Morgan fingerprint density at radius 3 is 2.81 bits per heavy atom. The van der Waals surface area contributed by atoms with Crippen LogP contribution in [0.3, 0.4) is 0 Å². The lowest BCUT2D eigenvalue weighted by molar-refractivity contribution is -0.117. The average Bonchev–Trinajstić information content (AvgIpc) is 3.41. The molecule has 26 heavy (non-hydrogen) atoms. The van der Waals surface area contributed by atoms with E-state index in [1.165, 1.54) is 31.3 Å². The van der Waals surface area contributed by atoms with E-state index in [-0.39, 0.29) is 5.78 Å². The summed E-state index contributed by atoms with van der Waals surface area (Å²) >= 11 is 0. The zero-order valence-electron chi connectivity index (χ0n) is 16.2. The number of fused-ring (bicyclic) bond motifs is 7. The van der Waals surface area contributed by atoms with Gasteiger partial charge in [0.15, 0.2) is 5.78 Å². The highest BCUT2D eigenvalue weighted by Crippen LogP contribution is 2.77. The second-order valence-corrected chi connectivity index (χ2v) is 10.1. The Balaban J connectivity index is 1.65. The summed E-state index contributed by atoms with van der Waals surface area (Å²) in [6.07, 6.45) is 11.6. The lowest BCUT2D eigenvalue weighted by atomic mass is 9.43. The van der Waals surface area contributed by atoms with E-state index in [1.54, 1.807) is 0 Å². The zero-order valence-corrected chi connectivity index (χ0v) is 16.2. The fraction of sp³-hybridized carbons (Fsp3) is 0.750. The molecule has 2 heteroatoms. The molecule has 138 valence electrons. The SMILES string of the molecule is C=C[C@]1(C#N)CC2=CC(=O)CC[C@@H]2[C@H]2CC[C@@]3(CC)[C@@H]([C@@H]4C[C@@H]4[C@H]3C)[C@@H]21. The number of carbonyl (C=O) groups is 1. The van der Waals surface area contributed by atoms with Crippen LogP contribution >= 0.6 is 0 Å². The molecule has 2 nitrogen and oxygen atoms in total. The molecule has 5 aliphatic carbocycles. The van der Waals surface area contributed by atoms with Gasteiger partial charge in [-0.15, -0.1) is 6.58 Å². The minimum absolute atomic E-state index is 0.265. The van der Waals surface area contributed by atoms with Crippen molar-refractivity contribution in [2.75, 3.05) is 0 Å². The minimum atomic E-state index is -0.465. The van der Waals surface area contributed by atoms with Crippen molar-refractivity contribution in [3.05, 3.63) is 24.3 Å². The molecule has 0 spiro atoms. The van der Waals surface area contributed by atoms with Crippen molar-refractivity contribution in [1.29, 1.82) is 5.26 Å². The summed E-state index contributed by atoms with van der Waals surface area (Å²) < 4.78 is 0. The van der Waals surface area contributed by atoms with E-state index >= 15 is 0 Å². The molecule has 0 radical (unpaired) electrons. The fourth-order valence-corrected chi connectivity index (χ4v) is 8.53. The molecule has 0 unspecified atom stereocenters. The molecule has 0 aromatic heterocycles. The third kappa shape index (κ3) is 1.85. The van der Waals surface area contributed by atoms with Crippen LogP contribution < -0.4 is 0 Å². The van der Waals surface area contributed by atoms with Crippen molar-refractivity contribution >= 4 is 5.78 Å². The molecular weight excluding hydrogens is 318 g/mol. The molecular formula is C24H31NO. The predicted octanol–water partition coefficient (Wildman–Crippen LogP) is 5.32. The fourth-order valence-electron chi connectivity index (χ4n) is 8.53. The first-order valence-corrected chi connectivity index (χ1v) is 10.8. The van der Waals surface area contributed by atoms with Crippen LogP contribution in [-0.4, -0.2) is 5.78 Å². The van der Waals surface area contributed by atoms with E-state index in [4.69, 9.17) is 0 Å². The molecule has 0 N–H and O–H groups in total. The van der Waals surface area contributed by atoms with E-state index in [2.05, 4.69) is 26.5 Å². The van der Waals surface area contributed by atoms with Gasteiger partial charge >= 0.3 is 0 Å². The summed E-state index contributed by atoms with van der Waals surface area (Å²) in [6.45, 7) is 9.06. The Hall–Kier alpha value is -1.36. The van der Waals surface area contributed by atoms with Crippen molar-refractivity contribution in [1.82, 2.24) is 0 Å². The van der Waals surface area contributed by atoms with Gasteiger partial charge in [0.25, 0.3) is 0 Å². The molecule has 0 aromatic rings. The summed E-state index contributed by atoms with van der Waals surface area (Å²) in [4.78, 5) is 12.1. The molecule has 0 amide bonds. The molecule has 0 aromatic carbocycles. The van der Waals surface area contributed by atoms with Crippen LogP contribution in [0.15, 0.2) is 24.3 Å². The first-order chi connectivity index (χ1) is 12.5. The summed E-state index contributed by atoms with van der Waals surface area (Å²) in [5, 5.41) is 10.3. The van der Waals surface area contributed by atoms with Crippen LogP contribution in [0.4, 0.5) is 0 Å². The first-order valence-electron chi connectivity index (χ1n) is 10.8. The lowest BCUT2D eigenvalue weighted by Gasteiger charge is -2.60. The summed E-state index contributed by atoms with van der Waals surface area (Å²) in [7, 11) is 0. The zero-order chi connectivity index (χ0) is 18.3. The van der Waals surface area contributed by atoms with Crippen LogP contribution in [0, 0.1) is 63.6 Å². The number of nitrogens with zero attached hydrogens (tertiary/aromatic N) is 1. The monoisotopic (exact) mass is 349 g/mol. The number of ketones is 1. The highest BCUT2D eigenvalue weighted by atomic mass is 16.1. The quantitative estimate of drug-likeness (QED) is 0.633. The number of hydrogen-bond donors (Lipinski definition) is 0. The van der Waals surface area contributed by atoms with Gasteiger partial charge in [0.05, 0.1) is 11.5 Å². The Kier molecular flexibility index (Phi) is 3.45. The molecule has 0 bridgehead atoms. The first kappa shape index (κ1) is 16.8. The third-order valence-electron chi connectivity index (χ3n) is 9.72. The molecule has 4 saturated carbocycles. The highest BCUT2D eigenvalue weighted by molar-refractivity contribution is 5.91. The second-order valence-electron chi connectivity index (χ2n) is 10.1. The van der Waals surface area contributed by atoms with Gasteiger partial charge in [-0.1, -0.05) is 25.5 Å². The number of nitriles is 1. The van der Waals surface area contributed by atoms with E-state index < -0.39 is 5.41 Å². The smallest absolute Gasteiger partial charge is 0.155 e. The van der Waals surface area contributed by atoms with Crippen molar-refractivity contribution < 1.29 is 4.79 Å². The molecule has 4 fully saturated rings. The van der Waals surface area contributed by atoms with Crippen LogP contribution in [0.25, 0.3) is 0 Å². The van der Waals surface area contributed by atoms with Gasteiger partial charge in [-0.2, -0.15) is 5.26 Å². The van der Waals surface area contributed by atoms with Crippen LogP contribution in [0.5, 0.6) is 0 Å². The van der Waals surface area contributed by atoms with E-state index in [0.29, 0.717) is 35.5 Å². The third-order valence-corrected chi connectivity index (χ3v) is 9.72. The predicted molar refractivity (Wildman–Crippen MR) is 102 cm³/mol. The van der Waals surface area contributed by atoms with E-state index in [0.717, 1.165) is 30.6 Å². The average molecular weight is 350 g/mol. The Labute approximate surface area is 157 Å². The molecule has 0 aliphatic heterocycles. The molecule has 0 saturated heterocycles. The topological polar surface area (TPSA) is 40.9 Å². The summed E-state index contributed by atoms with van der Waals surface area (Å²) in [5.41, 5.74) is 1.25. The van der Waals surface area contributed by atoms with Gasteiger partial charge in [-0.3, -0.25) is 4.79 Å². The van der Waals surface area contributed by atoms with Crippen molar-refractivity contribution in [2.24, 2.45) is 52.3 Å². The summed E-state index contributed by atoms with van der Waals surface area (Å²) in [6, 6.07) is 2.75. The minimum Gasteiger partial charge on any atom is -0.295 e. The highest BCUT2D eigenvalue weighted by Gasteiger charge is 2.71. The van der Waals surface area contributed by atoms with Gasteiger partial charge in [0, 0.05) is 6.42 Å². The Morgan fingerprint density at radius 1 is 1.31 bits per heavy atom. The Morgan fingerprint density at radius 2 is 2.12 bits per heavy atom. The molecule has 5 rings (SSSR count). The van der Waals surface area contributed by atoms with Gasteiger partial charge in [0.1, 0.15) is 0 Å². The van der Waals surface area contributed by atoms with Crippen molar-refractivity contribution in [3.63, 3.8) is 0 Å². The maximum absolute atomic E-state index is 12.1. The molecule has 0 heterocycles. The normalized spacial score (nSPS) is 54.1. The molecule has 9 atom stereocenters. The van der Waals surface area contributed by atoms with Crippen LogP contribution in [-0.2, 0) is 4.79 Å². The maximum atomic E-state index is 12.1. The van der Waals surface area contributed by atoms with Crippen LogP contribution in [0.1, 0.15) is 58.8 Å². The van der Waals surface area contributed by atoms with Crippen LogP contribution in [0.2, 0.25) is 0 Å². The van der Waals surface area contributed by atoms with Gasteiger partial charge in [0.2, 0.25) is 0 Å². The largest absolute Gasteiger partial charge is 0.295 e. The second kappa shape index (κ2) is 5.34. The lowest BCUT2D eigenvalue weighted by Crippen LogP contribution is -2.55. The Bertz CT molecular complexity index is 744. The van der Waals surface area contributed by atoms with Gasteiger partial charge in [-0.05, 0) is 91.4 Å². The number of hydrogen-bond acceptors (Lipinski definition) is 2. The summed E-state index contributed by atoms with van der Waals surface area (Å²) in [5.74, 6) is 5.11. The van der Waals surface area contributed by atoms with Crippen molar-refractivity contribution in [2.45, 2.75) is 58.8 Å². The number of carbonyl (C=O) groups excluding carboxylic acids is 1. The van der Waals surface area contributed by atoms with Gasteiger partial charge < -0.3 is 0 Å². The van der Waals surface area contributed by atoms with Gasteiger partial charge in [-0.25, -0.2) is 0 Å². The van der Waals surface area contributed by atoms with E-state index in [1.807, 2.05) is 12.2 Å².